The summed E-state index contributed by atoms with van der Waals surface area (Å²) in [7, 11) is 0. The van der Waals surface area contributed by atoms with Gasteiger partial charge in [-0.1, -0.05) is 0 Å². The lowest BCUT2D eigenvalue weighted by Gasteiger charge is -2.27. The first kappa shape index (κ1) is 9.25. The first-order valence-electron chi connectivity index (χ1n) is 4.03. The van der Waals surface area contributed by atoms with E-state index in [1.165, 1.54) is 0 Å². The number of rotatable bonds is 2. The van der Waals surface area contributed by atoms with E-state index in [4.69, 9.17) is 10.5 Å². The summed E-state index contributed by atoms with van der Waals surface area (Å²) >= 11 is 0. The molecule has 0 bridgehead atoms. The summed E-state index contributed by atoms with van der Waals surface area (Å²) in [6, 6.07) is 0. The number of halogens is 1. The van der Waals surface area contributed by atoms with Gasteiger partial charge in [0.25, 0.3) is 0 Å². The molecule has 4 nitrogen and oxygen atoms in total. The zero-order valence-corrected chi connectivity index (χ0v) is 7.00. The van der Waals surface area contributed by atoms with Gasteiger partial charge in [0, 0.05) is 13.1 Å². The zero-order chi connectivity index (χ0) is 8.81. The molecule has 0 aromatic heterocycles. The standard InChI is InChI=1S/C7H14FN3O/c8-1-2-10-7(9)11-3-5-12-6-4-11/h1-6H2,(H2,9,10). The summed E-state index contributed by atoms with van der Waals surface area (Å²) in [4.78, 5) is 5.76. The Bertz CT molecular complexity index is 157. The van der Waals surface area contributed by atoms with Gasteiger partial charge in [-0.3, -0.25) is 4.99 Å². The van der Waals surface area contributed by atoms with E-state index in [9.17, 15) is 4.39 Å². The molecule has 70 valence electrons. The monoisotopic (exact) mass is 175 g/mol. The number of morpholine rings is 1. The van der Waals surface area contributed by atoms with Crippen LogP contribution in [0.25, 0.3) is 0 Å². The van der Waals surface area contributed by atoms with Gasteiger partial charge in [-0.15, -0.1) is 0 Å². The molecule has 2 N–H and O–H groups in total. The van der Waals surface area contributed by atoms with Crippen molar-refractivity contribution in [2.45, 2.75) is 0 Å². The van der Waals surface area contributed by atoms with Crippen molar-refractivity contribution in [2.24, 2.45) is 10.7 Å². The molecule has 12 heavy (non-hydrogen) atoms. The highest BCUT2D eigenvalue weighted by Gasteiger charge is 2.11. The van der Waals surface area contributed by atoms with Gasteiger partial charge < -0.3 is 15.4 Å². The minimum absolute atomic E-state index is 0.156. The lowest BCUT2D eigenvalue weighted by Crippen LogP contribution is -2.44. The molecule has 0 aromatic carbocycles. The minimum atomic E-state index is -0.453. The van der Waals surface area contributed by atoms with Gasteiger partial charge >= 0.3 is 0 Å². The number of nitrogens with zero attached hydrogens (tertiary/aromatic N) is 2. The number of alkyl halides is 1. The maximum Gasteiger partial charge on any atom is 0.191 e. The fourth-order valence-electron chi connectivity index (χ4n) is 1.05. The highest BCUT2D eigenvalue weighted by molar-refractivity contribution is 5.78. The Labute approximate surface area is 71.2 Å². The molecule has 1 rings (SSSR count). The molecular formula is C7H14FN3O. The van der Waals surface area contributed by atoms with Gasteiger partial charge in [-0.2, -0.15) is 0 Å². The SMILES string of the molecule is NC(=NCCF)N1CCOCC1. The fraction of sp³-hybridized carbons (Fsp3) is 0.857. The number of hydrogen-bond acceptors (Lipinski definition) is 2. The molecule has 0 amide bonds. The summed E-state index contributed by atoms with van der Waals surface area (Å²) in [5.74, 6) is 0.427. The number of nitrogens with two attached hydrogens (primary N) is 1. The normalized spacial score (nSPS) is 19.8. The maximum absolute atomic E-state index is 11.7. The van der Waals surface area contributed by atoms with Gasteiger partial charge in [-0.05, 0) is 0 Å². The largest absolute Gasteiger partial charge is 0.378 e. The Hall–Kier alpha value is -0.840. The van der Waals surface area contributed by atoms with Crippen molar-refractivity contribution in [2.75, 3.05) is 39.5 Å². The molecule has 0 radical (unpaired) electrons. The number of hydrogen-bond donors (Lipinski definition) is 1. The Morgan fingerprint density at radius 1 is 1.50 bits per heavy atom. The van der Waals surface area contributed by atoms with Crippen LogP contribution < -0.4 is 5.73 Å². The van der Waals surface area contributed by atoms with Crippen molar-refractivity contribution >= 4 is 5.96 Å². The van der Waals surface area contributed by atoms with Crippen molar-refractivity contribution < 1.29 is 9.13 Å². The van der Waals surface area contributed by atoms with E-state index in [0.717, 1.165) is 13.1 Å². The van der Waals surface area contributed by atoms with E-state index in [1.54, 1.807) is 0 Å². The van der Waals surface area contributed by atoms with Crippen LogP contribution in [0, 0.1) is 0 Å². The highest BCUT2D eigenvalue weighted by atomic mass is 19.1. The predicted octanol–water partition coefficient (Wildman–Crippen LogP) is -0.397. The maximum atomic E-state index is 11.7. The van der Waals surface area contributed by atoms with Crippen LogP contribution in [0.15, 0.2) is 4.99 Å². The average molecular weight is 175 g/mol. The molecule has 0 saturated carbocycles. The Balaban J connectivity index is 2.33. The lowest BCUT2D eigenvalue weighted by atomic mass is 10.4. The second-order valence-electron chi connectivity index (χ2n) is 2.53. The van der Waals surface area contributed by atoms with E-state index < -0.39 is 6.67 Å². The van der Waals surface area contributed by atoms with Crippen LogP contribution in [0.1, 0.15) is 0 Å². The van der Waals surface area contributed by atoms with E-state index in [2.05, 4.69) is 4.99 Å². The highest BCUT2D eigenvalue weighted by Crippen LogP contribution is 1.95. The Morgan fingerprint density at radius 2 is 2.17 bits per heavy atom. The van der Waals surface area contributed by atoms with Crippen LogP contribution >= 0.6 is 0 Å². The predicted molar refractivity (Wildman–Crippen MR) is 44.9 cm³/mol. The molecule has 5 heteroatoms. The molecule has 0 aromatic rings. The van der Waals surface area contributed by atoms with Gasteiger partial charge in [0.1, 0.15) is 6.67 Å². The van der Waals surface area contributed by atoms with Crippen molar-refractivity contribution in [3.63, 3.8) is 0 Å². The van der Waals surface area contributed by atoms with Crippen molar-refractivity contribution in [1.82, 2.24) is 4.90 Å². The second-order valence-corrected chi connectivity index (χ2v) is 2.53. The van der Waals surface area contributed by atoms with Crippen LogP contribution in [0.2, 0.25) is 0 Å². The first-order valence-corrected chi connectivity index (χ1v) is 4.03. The topological polar surface area (TPSA) is 50.8 Å². The van der Waals surface area contributed by atoms with E-state index in [1.807, 2.05) is 4.90 Å². The molecule has 1 heterocycles. The average Bonchev–Trinajstić information content (AvgIpc) is 2.15. The summed E-state index contributed by atoms with van der Waals surface area (Å²) in [5, 5.41) is 0. The van der Waals surface area contributed by atoms with Crippen molar-refractivity contribution in [3.05, 3.63) is 0 Å². The number of guanidine groups is 1. The summed E-state index contributed by atoms with van der Waals surface area (Å²) in [6.45, 7) is 2.55. The van der Waals surface area contributed by atoms with Gasteiger partial charge in [0.05, 0.1) is 19.8 Å². The van der Waals surface area contributed by atoms with Gasteiger partial charge in [0.15, 0.2) is 5.96 Å². The summed E-state index contributed by atoms with van der Waals surface area (Å²) < 4.78 is 16.8. The van der Waals surface area contributed by atoms with E-state index in [0.29, 0.717) is 19.2 Å². The van der Waals surface area contributed by atoms with Crippen LogP contribution in [-0.4, -0.2) is 50.4 Å². The zero-order valence-electron chi connectivity index (χ0n) is 7.00. The van der Waals surface area contributed by atoms with E-state index >= 15 is 0 Å². The van der Waals surface area contributed by atoms with Crippen LogP contribution in [0.4, 0.5) is 4.39 Å². The Kier molecular flexibility index (Phi) is 3.79. The third-order valence-electron chi connectivity index (χ3n) is 1.69. The summed E-state index contributed by atoms with van der Waals surface area (Å²) in [5.41, 5.74) is 5.59. The van der Waals surface area contributed by atoms with Crippen LogP contribution in [0.5, 0.6) is 0 Å². The number of ether oxygens (including phenoxy) is 1. The van der Waals surface area contributed by atoms with Gasteiger partial charge in [-0.25, -0.2) is 4.39 Å². The first-order chi connectivity index (χ1) is 5.84. The lowest BCUT2D eigenvalue weighted by molar-refractivity contribution is 0.0674. The second kappa shape index (κ2) is 4.92. The smallest absolute Gasteiger partial charge is 0.191 e. The van der Waals surface area contributed by atoms with Crippen LogP contribution in [0.3, 0.4) is 0 Å². The fourth-order valence-corrected chi connectivity index (χ4v) is 1.05. The number of aliphatic imine (C=N–C) groups is 1. The summed E-state index contributed by atoms with van der Waals surface area (Å²) in [6.07, 6.45) is 0. The molecule has 0 aliphatic carbocycles. The third-order valence-corrected chi connectivity index (χ3v) is 1.69. The molecule has 1 saturated heterocycles. The van der Waals surface area contributed by atoms with Gasteiger partial charge in [0.2, 0.25) is 0 Å². The quantitative estimate of drug-likeness (QED) is 0.459. The molecular weight excluding hydrogens is 161 g/mol. The molecule has 1 aliphatic rings. The molecule has 1 aliphatic heterocycles. The third kappa shape index (κ3) is 2.65. The molecule has 0 unspecified atom stereocenters. The van der Waals surface area contributed by atoms with E-state index in [-0.39, 0.29) is 6.54 Å². The van der Waals surface area contributed by atoms with Crippen molar-refractivity contribution in [3.8, 4) is 0 Å². The molecule has 0 atom stereocenters. The van der Waals surface area contributed by atoms with Crippen molar-refractivity contribution in [1.29, 1.82) is 0 Å². The minimum Gasteiger partial charge on any atom is -0.378 e. The molecule has 0 spiro atoms. The Morgan fingerprint density at radius 3 is 2.75 bits per heavy atom. The molecule has 1 fully saturated rings. The van der Waals surface area contributed by atoms with Crippen LogP contribution in [-0.2, 0) is 4.74 Å².